The molecule has 4 heteroatoms. The van der Waals surface area contributed by atoms with Crippen molar-refractivity contribution in [2.45, 2.75) is 20.0 Å². The largest absolute Gasteiger partial charge is 0.326 e. The molecule has 3 nitrogen and oxygen atoms in total. The molecule has 1 aromatic heterocycles. The average molecular weight is 210 g/mol. The van der Waals surface area contributed by atoms with E-state index in [1.807, 2.05) is 25.1 Å². The monoisotopic (exact) mass is 209 g/mol. The quantitative estimate of drug-likeness (QED) is 0.824. The van der Waals surface area contributed by atoms with E-state index in [2.05, 4.69) is 5.10 Å². The summed E-state index contributed by atoms with van der Waals surface area (Å²) >= 11 is 6.15. The van der Waals surface area contributed by atoms with Gasteiger partial charge in [-0.2, -0.15) is 5.10 Å². The van der Waals surface area contributed by atoms with Crippen LogP contribution in [0.5, 0.6) is 0 Å². The lowest BCUT2D eigenvalue weighted by molar-refractivity contribution is 0.669. The smallest absolute Gasteiger partial charge is 0.134 e. The van der Waals surface area contributed by atoms with Gasteiger partial charge in [0.05, 0.1) is 5.52 Å². The van der Waals surface area contributed by atoms with Gasteiger partial charge in [-0.05, 0) is 24.6 Å². The number of halogens is 1. The van der Waals surface area contributed by atoms with Gasteiger partial charge in [-0.25, -0.2) is 0 Å². The summed E-state index contributed by atoms with van der Waals surface area (Å²) in [5.41, 5.74) is 7.56. The highest BCUT2D eigenvalue weighted by molar-refractivity contribution is 6.34. The fraction of sp³-hybridized carbons (Fsp3) is 0.300. The number of aryl methyl sites for hydroxylation is 1. The minimum absolute atomic E-state index is 0.531. The van der Waals surface area contributed by atoms with E-state index in [0.29, 0.717) is 11.7 Å². The topological polar surface area (TPSA) is 43.8 Å². The van der Waals surface area contributed by atoms with Gasteiger partial charge in [-0.15, -0.1) is 0 Å². The molecule has 0 aliphatic rings. The Morgan fingerprint density at radius 1 is 1.50 bits per heavy atom. The second kappa shape index (κ2) is 3.59. The lowest BCUT2D eigenvalue weighted by Crippen LogP contribution is -1.95. The molecule has 0 atom stereocenters. The molecule has 74 valence electrons. The molecular formula is C10H12ClN3. The lowest BCUT2D eigenvalue weighted by atomic mass is 10.2. The molecule has 0 bridgehead atoms. The van der Waals surface area contributed by atoms with E-state index >= 15 is 0 Å². The van der Waals surface area contributed by atoms with Crippen LogP contribution in [0.2, 0.25) is 5.15 Å². The van der Waals surface area contributed by atoms with Crippen LogP contribution in [0.25, 0.3) is 10.9 Å². The molecule has 0 amide bonds. The number of fused-ring (bicyclic) bond motifs is 1. The molecule has 2 aromatic rings. The van der Waals surface area contributed by atoms with Crippen LogP contribution in [0.1, 0.15) is 12.5 Å². The summed E-state index contributed by atoms with van der Waals surface area (Å²) < 4.78 is 1.78. The fourth-order valence-corrected chi connectivity index (χ4v) is 1.79. The van der Waals surface area contributed by atoms with Gasteiger partial charge < -0.3 is 5.73 Å². The van der Waals surface area contributed by atoms with Crippen LogP contribution in [-0.4, -0.2) is 9.78 Å². The van der Waals surface area contributed by atoms with Crippen LogP contribution in [0.4, 0.5) is 0 Å². The maximum Gasteiger partial charge on any atom is 0.134 e. The van der Waals surface area contributed by atoms with Crippen molar-refractivity contribution >= 4 is 22.5 Å². The van der Waals surface area contributed by atoms with E-state index in [1.165, 1.54) is 0 Å². The van der Waals surface area contributed by atoms with Crippen molar-refractivity contribution in [3.05, 3.63) is 28.9 Å². The van der Waals surface area contributed by atoms with Gasteiger partial charge in [0.15, 0.2) is 0 Å². The summed E-state index contributed by atoms with van der Waals surface area (Å²) in [6, 6.07) is 5.93. The molecule has 1 heterocycles. The molecule has 0 aliphatic carbocycles. The zero-order chi connectivity index (χ0) is 10.1. The Bertz CT molecular complexity index is 462. The summed E-state index contributed by atoms with van der Waals surface area (Å²) in [4.78, 5) is 0. The van der Waals surface area contributed by atoms with Crippen molar-refractivity contribution in [3.63, 3.8) is 0 Å². The maximum atomic E-state index is 6.15. The third-order valence-corrected chi connectivity index (χ3v) is 2.67. The van der Waals surface area contributed by atoms with Crippen molar-refractivity contribution in [1.82, 2.24) is 9.78 Å². The summed E-state index contributed by atoms with van der Waals surface area (Å²) in [6.07, 6.45) is 0. The summed E-state index contributed by atoms with van der Waals surface area (Å²) in [5, 5.41) is 6.03. The molecule has 2 N–H and O–H groups in total. The van der Waals surface area contributed by atoms with Crippen molar-refractivity contribution in [2.75, 3.05) is 0 Å². The van der Waals surface area contributed by atoms with Crippen LogP contribution < -0.4 is 5.73 Å². The molecular weight excluding hydrogens is 198 g/mol. The molecule has 0 unspecified atom stereocenters. The minimum Gasteiger partial charge on any atom is -0.326 e. The van der Waals surface area contributed by atoms with E-state index in [1.54, 1.807) is 4.68 Å². The van der Waals surface area contributed by atoms with Gasteiger partial charge in [0.2, 0.25) is 0 Å². The van der Waals surface area contributed by atoms with E-state index in [4.69, 9.17) is 17.3 Å². The van der Waals surface area contributed by atoms with Crippen molar-refractivity contribution in [3.8, 4) is 0 Å². The first-order valence-electron chi connectivity index (χ1n) is 4.61. The van der Waals surface area contributed by atoms with Gasteiger partial charge in [-0.1, -0.05) is 17.7 Å². The van der Waals surface area contributed by atoms with Gasteiger partial charge in [0.25, 0.3) is 0 Å². The first kappa shape index (κ1) is 9.49. The zero-order valence-corrected chi connectivity index (χ0v) is 8.75. The van der Waals surface area contributed by atoms with E-state index in [-0.39, 0.29) is 0 Å². The van der Waals surface area contributed by atoms with Crippen LogP contribution >= 0.6 is 11.6 Å². The Labute approximate surface area is 87.5 Å². The number of aromatic nitrogens is 2. The van der Waals surface area contributed by atoms with Gasteiger partial charge in [0, 0.05) is 18.5 Å². The third-order valence-electron chi connectivity index (χ3n) is 2.27. The number of hydrogen-bond acceptors (Lipinski definition) is 2. The normalized spacial score (nSPS) is 11.1. The number of nitrogens with zero attached hydrogens (tertiary/aromatic N) is 2. The minimum atomic E-state index is 0.531. The van der Waals surface area contributed by atoms with Gasteiger partial charge in [0.1, 0.15) is 5.15 Å². The highest BCUT2D eigenvalue weighted by atomic mass is 35.5. The molecule has 0 radical (unpaired) electrons. The molecule has 0 aliphatic heterocycles. The molecule has 14 heavy (non-hydrogen) atoms. The first-order valence-corrected chi connectivity index (χ1v) is 4.99. The predicted octanol–water partition coefficient (Wildman–Crippen LogP) is 2.17. The van der Waals surface area contributed by atoms with Gasteiger partial charge in [-0.3, -0.25) is 4.68 Å². The molecule has 0 saturated carbocycles. The zero-order valence-electron chi connectivity index (χ0n) is 8.00. The molecule has 1 aromatic carbocycles. The molecule has 0 spiro atoms. The third kappa shape index (κ3) is 1.38. The summed E-state index contributed by atoms with van der Waals surface area (Å²) in [6.45, 7) is 3.33. The number of benzene rings is 1. The van der Waals surface area contributed by atoms with E-state index < -0.39 is 0 Å². The first-order chi connectivity index (χ1) is 6.76. The number of hydrogen-bond donors (Lipinski definition) is 1. The predicted molar refractivity (Wildman–Crippen MR) is 58.3 cm³/mol. The van der Waals surface area contributed by atoms with Crippen LogP contribution in [0.15, 0.2) is 18.2 Å². The Morgan fingerprint density at radius 2 is 2.29 bits per heavy atom. The van der Waals surface area contributed by atoms with Crippen LogP contribution in [-0.2, 0) is 13.1 Å². The van der Waals surface area contributed by atoms with E-state index in [9.17, 15) is 0 Å². The highest BCUT2D eigenvalue weighted by Crippen LogP contribution is 2.24. The Morgan fingerprint density at radius 3 is 2.93 bits per heavy atom. The molecule has 0 saturated heterocycles. The standard InChI is InChI=1S/C10H12ClN3/c1-2-14-10(11)8-5-7(6-12)3-4-9(8)13-14/h3-5H,2,6,12H2,1H3. The SMILES string of the molecule is CCn1nc2ccc(CN)cc2c1Cl. The molecule has 0 fully saturated rings. The van der Waals surface area contributed by atoms with Crippen molar-refractivity contribution in [2.24, 2.45) is 5.73 Å². The van der Waals surface area contributed by atoms with Gasteiger partial charge >= 0.3 is 0 Å². The van der Waals surface area contributed by atoms with Crippen LogP contribution in [0, 0.1) is 0 Å². The van der Waals surface area contributed by atoms with Crippen LogP contribution in [0.3, 0.4) is 0 Å². The second-order valence-electron chi connectivity index (χ2n) is 3.16. The van der Waals surface area contributed by atoms with Crippen molar-refractivity contribution in [1.29, 1.82) is 0 Å². The second-order valence-corrected chi connectivity index (χ2v) is 3.52. The number of rotatable bonds is 2. The highest BCUT2D eigenvalue weighted by Gasteiger charge is 2.07. The summed E-state index contributed by atoms with van der Waals surface area (Å²) in [5.74, 6) is 0. The Kier molecular flexibility index (Phi) is 2.44. The van der Waals surface area contributed by atoms with E-state index in [0.717, 1.165) is 23.0 Å². The Hall–Kier alpha value is -1.06. The number of nitrogens with two attached hydrogens (primary N) is 1. The fourth-order valence-electron chi connectivity index (χ4n) is 1.49. The lowest BCUT2D eigenvalue weighted by Gasteiger charge is -1.96. The summed E-state index contributed by atoms with van der Waals surface area (Å²) in [7, 11) is 0. The maximum absolute atomic E-state index is 6.15. The average Bonchev–Trinajstić information content (AvgIpc) is 2.55. The Balaban J connectivity index is 2.68. The van der Waals surface area contributed by atoms with Crippen molar-refractivity contribution < 1.29 is 0 Å². The molecule has 2 rings (SSSR count).